The first-order chi connectivity index (χ1) is 9.40. The molecule has 4 nitrogen and oxygen atoms in total. The van der Waals surface area contributed by atoms with E-state index in [0.29, 0.717) is 0 Å². The van der Waals surface area contributed by atoms with Gasteiger partial charge in [0.15, 0.2) is 4.90 Å². The number of sulfonamides is 1. The molecule has 1 aliphatic carbocycles. The van der Waals surface area contributed by atoms with Crippen LogP contribution in [0, 0.1) is 17.6 Å². The zero-order valence-electron chi connectivity index (χ0n) is 11.0. The Balaban J connectivity index is 2.14. The van der Waals surface area contributed by atoms with Crippen LogP contribution in [0.25, 0.3) is 0 Å². The number of anilines is 1. The third-order valence-corrected chi connectivity index (χ3v) is 5.05. The number of nitrogens with two attached hydrogens (primary N) is 1. The average Bonchev–Trinajstić information content (AvgIpc) is 2.36. The van der Waals surface area contributed by atoms with E-state index >= 15 is 0 Å². The van der Waals surface area contributed by atoms with E-state index in [2.05, 4.69) is 4.72 Å². The summed E-state index contributed by atoms with van der Waals surface area (Å²) in [6.45, 7) is 0.214. The van der Waals surface area contributed by atoms with Crippen molar-refractivity contribution < 1.29 is 17.2 Å². The number of nitrogens with one attached hydrogen (secondary N) is 1. The third-order valence-electron chi connectivity index (χ3n) is 3.58. The molecule has 112 valence electrons. The summed E-state index contributed by atoms with van der Waals surface area (Å²) in [4.78, 5) is -0.956. The Morgan fingerprint density at radius 1 is 1.15 bits per heavy atom. The Morgan fingerprint density at radius 2 is 1.70 bits per heavy atom. The van der Waals surface area contributed by atoms with E-state index in [1.807, 2.05) is 0 Å². The van der Waals surface area contributed by atoms with Gasteiger partial charge in [0.25, 0.3) is 0 Å². The maximum Gasteiger partial charge on any atom is 0.246 e. The second-order valence-electron chi connectivity index (χ2n) is 5.17. The Hall–Kier alpha value is -1.21. The third kappa shape index (κ3) is 3.46. The van der Waals surface area contributed by atoms with Gasteiger partial charge in [0.05, 0.1) is 0 Å². The van der Waals surface area contributed by atoms with Gasteiger partial charge in [-0.3, -0.25) is 0 Å². The van der Waals surface area contributed by atoms with Crippen molar-refractivity contribution in [3.05, 3.63) is 23.8 Å². The minimum atomic E-state index is -4.19. The molecule has 1 aromatic rings. The predicted molar refractivity (Wildman–Crippen MR) is 72.5 cm³/mol. The standard InChI is InChI=1S/C13H18F2N2O2S/c14-11-6-10(16)7-12(15)13(11)20(18,19)17-8-9-4-2-1-3-5-9/h6-7,9,17H,1-5,8,16H2. The maximum absolute atomic E-state index is 13.6. The maximum atomic E-state index is 13.6. The van der Waals surface area contributed by atoms with Gasteiger partial charge in [-0.25, -0.2) is 21.9 Å². The minimum absolute atomic E-state index is 0.147. The van der Waals surface area contributed by atoms with Crippen molar-refractivity contribution in [2.45, 2.75) is 37.0 Å². The topological polar surface area (TPSA) is 72.2 Å². The fourth-order valence-corrected chi connectivity index (χ4v) is 3.76. The average molecular weight is 304 g/mol. The number of nitrogen functional groups attached to an aromatic ring is 1. The van der Waals surface area contributed by atoms with Crippen molar-refractivity contribution in [3.63, 3.8) is 0 Å². The Labute approximate surface area is 117 Å². The van der Waals surface area contributed by atoms with Crippen LogP contribution in [0.5, 0.6) is 0 Å². The molecular weight excluding hydrogens is 286 g/mol. The summed E-state index contributed by atoms with van der Waals surface area (Å²) >= 11 is 0. The summed E-state index contributed by atoms with van der Waals surface area (Å²) in [7, 11) is -4.19. The van der Waals surface area contributed by atoms with Crippen LogP contribution in [0.2, 0.25) is 0 Å². The lowest BCUT2D eigenvalue weighted by Gasteiger charge is -2.21. The summed E-state index contributed by atoms with van der Waals surface area (Å²) in [5.74, 6) is -2.10. The highest BCUT2D eigenvalue weighted by atomic mass is 32.2. The van der Waals surface area contributed by atoms with Gasteiger partial charge in [0.1, 0.15) is 11.6 Å². The molecule has 3 N–H and O–H groups in total. The van der Waals surface area contributed by atoms with Crippen molar-refractivity contribution in [3.8, 4) is 0 Å². The van der Waals surface area contributed by atoms with E-state index < -0.39 is 26.6 Å². The largest absolute Gasteiger partial charge is 0.399 e. The molecule has 20 heavy (non-hydrogen) atoms. The summed E-state index contributed by atoms with van der Waals surface area (Å²) < 4.78 is 53.6. The van der Waals surface area contributed by atoms with Gasteiger partial charge in [-0.2, -0.15) is 0 Å². The van der Waals surface area contributed by atoms with Gasteiger partial charge in [0.2, 0.25) is 10.0 Å². The van der Waals surface area contributed by atoms with Crippen molar-refractivity contribution in [1.82, 2.24) is 4.72 Å². The smallest absolute Gasteiger partial charge is 0.246 e. The number of halogens is 2. The summed E-state index contributed by atoms with van der Waals surface area (Å²) in [6.07, 6.45) is 5.17. The highest BCUT2D eigenvalue weighted by Gasteiger charge is 2.25. The molecule has 0 heterocycles. The highest BCUT2D eigenvalue weighted by Crippen LogP contribution is 2.25. The molecule has 1 saturated carbocycles. The van der Waals surface area contributed by atoms with Crippen molar-refractivity contribution in [2.24, 2.45) is 5.92 Å². The fourth-order valence-electron chi connectivity index (χ4n) is 2.53. The van der Waals surface area contributed by atoms with Crippen LogP contribution in [0.4, 0.5) is 14.5 Å². The first kappa shape index (κ1) is 15.2. The van der Waals surface area contributed by atoms with E-state index in [1.165, 1.54) is 0 Å². The van der Waals surface area contributed by atoms with Gasteiger partial charge in [0, 0.05) is 12.2 Å². The SMILES string of the molecule is Nc1cc(F)c(S(=O)(=O)NCC2CCCCC2)c(F)c1. The molecule has 0 unspecified atom stereocenters. The zero-order chi connectivity index (χ0) is 14.8. The quantitative estimate of drug-likeness (QED) is 0.839. The van der Waals surface area contributed by atoms with Crippen LogP contribution in [-0.2, 0) is 10.0 Å². The van der Waals surface area contributed by atoms with E-state index in [-0.39, 0.29) is 18.2 Å². The first-order valence-electron chi connectivity index (χ1n) is 6.64. The lowest BCUT2D eigenvalue weighted by molar-refractivity contribution is 0.356. The summed E-state index contributed by atoms with van der Waals surface area (Å²) in [5, 5.41) is 0. The van der Waals surface area contributed by atoms with E-state index in [4.69, 9.17) is 5.73 Å². The molecule has 0 saturated heterocycles. The molecule has 1 fully saturated rings. The van der Waals surface area contributed by atoms with Gasteiger partial charge in [-0.15, -0.1) is 0 Å². The molecule has 0 aromatic heterocycles. The Kier molecular flexibility index (Phi) is 4.59. The molecule has 0 amide bonds. The van der Waals surface area contributed by atoms with Crippen LogP contribution < -0.4 is 10.5 Å². The normalized spacial score (nSPS) is 17.3. The van der Waals surface area contributed by atoms with Crippen LogP contribution in [0.15, 0.2) is 17.0 Å². The molecule has 0 aliphatic heterocycles. The molecule has 7 heteroatoms. The molecule has 0 atom stereocenters. The Bertz CT molecular complexity index is 561. The number of hydrogen-bond donors (Lipinski definition) is 2. The lowest BCUT2D eigenvalue weighted by Crippen LogP contribution is -2.31. The zero-order valence-corrected chi connectivity index (χ0v) is 11.8. The van der Waals surface area contributed by atoms with Gasteiger partial charge < -0.3 is 5.73 Å². The van der Waals surface area contributed by atoms with E-state index in [0.717, 1.165) is 44.2 Å². The molecule has 0 bridgehead atoms. The number of benzene rings is 1. The second-order valence-corrected chi connectivity index (χ2v) is 6.87. The molecule has 2 rings (SSSR count). The van der Waals surface area contributed by atoms with Crippen LogP contribution in [0.1, 0.15) is 32.1 Å². The van der Waals surface area contributed by atoms with E-state index in [1.54, 1.807) is 0 Å². The van der Waals surface area contributed by atoms with Gasteiger partial charge >= 0.3 is 0 Å². The first-order valence-corrected chi connectivity index (χ1v) is 8.12. The highest BCUT2D eigenvalue weighted by molar-refractivity contribution is 7.89. The lowest BCUT2D eigenvalue weighted by atomic mass is 9.90. The van der Waals surface area contributed by atoms with Gasteiger partial charge in [-0.1, -0.05) is 19.3 Å². The monoisotopic (exact) mass is 304 g/mol. The molecule has 0 spiro atoms. The van der Waals surface area contributed by atoms with Crippen LogP contribution in [0.3, 0.4) is 0 Å². The minimum Gasteiger partial charge on any atom is -0.399 e. The molecule has 1 aliphatic rings. The van der Waals surface area contributed by atoms with Crippen LogP contribution in [-0.4, -0.2) is 15.0 Å². The number of rotatable bonds is 4. The Morgan fingerprint density at radius 3 is 2.25 bits per heavy atom. The van der Waals surface area contributed by atoms with Gasteiger partial charge in [-0.05, 0) is 30.9 Å². The van der Waals surface area contributed by atoms with Crippen LogP contribution >= 0.6 is 0 Å². The van der Waals surface area contributed by atoms with Crippen molar-refractivity contribution >= 4 is 15.7 Å². The van der Waals surface area contributed by atoms with Crippen molar-refractivity contribution in [1.29, 1.82) is 0 Å². The predicted octanol–water partition coefficient (Wildman–Crippen LogP) is 2.41. The number of hydrogen-bond acceptors (Lipinski definition) is 3. The molecular formula is C13H18F2N2O2S. The van der Waals surface area contributed by atoms with Crippen molar-refractivity contribution in [2.75, 3.05) is 12.3 Å². The second kappa shape index (κ2) is 6.05. The van der Waals surface area contributed by atoms with E-state index in [9.17, 15) is 17.2 Å². The molecule has 0 radical (unpaired) electrons. The summed E-state index contributed by atoms with van der Waals surface area (Å²) in [6, 6.07) is 1.61. The fraction of sp³-hybridized carbons (Fsp3) is 0.538. The molecule has 1 aromatic carbocycles. The summed E-state index contributed by atoms with van der Waals surface area (Å²) in [5.41, 5.74) is 5.12.